The molecular formula is C20H21N3O4S2. The number of para-hydroxylation sites is 1. The second kappa shape index (κ2) is 9.17. The van der Waals surface area contributed by atoms with Crippen molar-refractivity contribution < 1.29 is 17.9 Å². The summed E-state index contributed by atoms with van der Waals surface area (Å²) in [6, 6.07) is 14.0. The molecule has 3 aromatic rings. The minimum atomic E-state index is -3.61. The number of benzene rings is 2. The monoisotopic (exact) mass is 431 g/mol. The molecule has 0 spiro atoms. The predicted octanol–water partition coefficient (Wildman–Crippen LogP) is 2.84. The van der Waals surface area contributed by atoms with Gasteiger partial charge in [0, 0.05) is 18.5 Å². The quantitative estimate of drug-likeness (QED) is 0.535. The number of thiazole rings is 1. The van der Waals surface area contributed by atoms with E-state index >= 15 is 0 Å². The minimum absolute atomic E-state index is 0.0749. The molecule has 0 fully saturated rings. The molecule has 0 atom stereocenters. The number of hydrogen-bond donors (Lipinski definition) is 2. The van der Waals surface area contributed by atoms with Crippen molar-refractivity contribution in [1.29, 1.82) is 0 Å². The fourth-order valence-corrected chi connectivity index (χ4v) is 4.44. The second-order valence-corrected chi connectivity index (χ2v) is 8.83. The van der Waals surface area contributed by atoms with Crippen molar-refractivity contribution in [3.8, 4) is 16.3 Å². The molecule has 29 heavy (non-hydrogen) atoms. The van der Waals surface area contributed by atoms with Gasteiger partial charge in [-0.25, -0.2) is 18.1 Å². The lowest BCUT2D eigenvalue weighted by molar-refractivity contribution is 0.0950. The van der Waals surface area contributed by atoms with Crippen molar-refractivity contribution in [2.45, 2.75) is 11.8 Å². The highest BCUT2D eigenvalue weighted by atomic mass is 32.2. The third-order valence-corrected chi connectivity index (χ3v) is 6.46. The third kappa shape index (κ3) is 5.20. The van der Waals surface area contributed by atoms with Crippen LogP contribution in [-0.2, 0) is 10.0 Å². The zero-order chi connectivity index (χ0) is 20.9. The average molecular weight is 432 g/mol. The van der Waals surface area contributed by atoms with Crippen molar-refractivity contribution >= 4 is 27.3 Å². The van der Waals surface area contributed by atoms with E-state index in [0.29, 0.717) is 10.8 Å². The van der Waals surface area contributed by atoms with Gasteiger partial charge in [-0.1, -0.05) is 29.8 Å². The van der Waals surface area contributed by atoms with Crippen LogP contribution in [0.15, 0.2) is 58.8 Å². The number of carbonyl (C=O) groups excluding carboxylic acids is 1. The maximum Gasteiger partial charge on any atom is 0.270 e. The first-order valence-corrected chi connectivity index (χ1v) is 11.2. The number of carbonyl (C=O) groups is 1. The molecule has 0 bridgehead atoms. The molecule has 1 heterocycles. The number of aromatic nitrogens is 1. The first-order valence-electron chi connectivity index (χ1n) is 8.84. The molecule has 0 aliphatic carbocycles. The summed E-state index contributed by atoms with van der Waals surface area (Å²) in [5.74, 6) is 0.316. The number of ether oxygens (including phenoxy) is 1. The van der Waals surface area contributed by atoms with E-state index in [2.05, 4.69) is 15.0 Å². The van der Waals surface area contributed by atoms with Gasteiger partial charge < -0.3 is 10.1 Å². The van der Waals surface area contributed by atoms with Gasteiger partial charge in [0.15, 0.2) is 0 Å². The van der Waals surface area contributed by atoms with Crippen LogP contribution >= 0.6 is 11.3 Å². The summed E-state index contributed by atoms with van der Waals surface area (Å²) < 4.78 is 32.3. The van der Waals surface area contributed by atoms with Crippen LogP contribution in [0, 0.1) is 6.92 Å². The summed E-state index contributed by atoms with van der Waals surface area (Å²) in [4.78, 5) is 16.9. The van der Waals surface area contributed by atoms with Gasteiger partial charge in [-0.15, -0.1) is 11.3 Å². The number of nitrogens with one attached hydrogen (secondary N) is 2. The van der Waals surface area contributed by atoms with E-state index in [1.54, 1.807) is 36.8 Å². The van der Waals surface area contributed by atoms with Crippen LogP contribution in [0.3, 0.4) is 0 Å². The molecule has 9 heteroatoms. The molecule has 0 saturated heterocycles. The zero-order valence-electron chi connectivity index (χ0n) is 16.0. The molecule has 0 saturated carbocycles. The lowest BCUT2D eigenvalue weighted by atomic mass is 10.2. The van der Waals surface area contributed by atoms with Gasteiger partial charge >= 0.3 is 0 Å². The van der Waals surface area contributed by atoms with Crippen molar-refractivity contribution in [1.82, 2.24) is 15.0 Å². The number of nitrogens with zero attached hydrogens (tertiary/aromatic N) is 1. The Labute approximate surface area is 173 Å². The maximum atomic E-state index is 12.3. The molecule has 2 aromatic carbocycles. The van der Waals surface area contributed by atoms with Gasteiger partial charge in [0.1, 0.15) is 16.5 Å². The minimum Gasteiger partial charge on any atom is -0.496 e. The van der Waals surface area contributed by atoms with Crippen LogP contribution in [0.5, 0.6) is 5.75 Å². The molecule has 0 aliphatic rings. The SMILES string of the molecule is COc1ccccc1-c1nc(C(=O)NCCNS(=O)(=O)c2ccc(C)cc2)cs1. The fourth-order valence-electron chi connectivity index (χ4n) is 2.58. The first kappa shape index (κ1) is 21.0. The molecule has 7 nitrogen and oxygen atoms in total. The summed E-state index contributed by atoms with van der Waals surface area (Å²) in [5.41, 5.74) is 2.06. The Kier molecular flexibility index (Phi) is 6.63. The number of sulfonamides is 1. The Bertz CT molecular complexity index is 1090. The van der Waals surface area contributed by atoms with Crippen LogP contribution in [0.4, 0.5) is 0 Å². The Morgan fingerprint density at radius 2 is 1.83 bits per heavy atom. The van der Waals surface area contributed by atoms with Crippen molar-refractivity contribution in [3.63, 3.8) is 0 Å². The maximum absolute atomic E-state index is 12.3. The van der Waals surface area contributed by atoms with Gasteiger partial charge in [0.25, 0.3) is 5.91 Å². The lowest BCUT2D eigenvalue weighted by Crippen LogP contribution is -2.34. The Balaban J connectivity index is 1.55. The van der Waals surface area contributed by atoms with Crippen LogP contribution in [-0.4, -0.2) is 39.5 Å². The second-order valence-electron chi connectivity index (χ2n) is 6.20. The van der Waals surface area contributed by atoms with Crippen LogP contribution in [0.2, 0.25) is 0 Å². The summed E-state index contributed by atoms with van der Waals surface area (Å²) in [7, 11) is -2.03. The Morgan fingerprint density at radius 3 is 2.55 bits per heavy atom. The molecule has 0 aliphatic heterocycles. The summed E-state index contributed by atoms with van der Waals surface area (Å²) in [5, 5.41) is 5.01. The number of methoxy groups -OCH3 is 1. The number of rotatable bonds is 8. The van der Waals surface area contributed by atoms with Gasteiger partial charge in [-0.3, -0.25) is 4.79 Å². The lowest BCUT2D eigenvalue weighted by Gasteiger charge is -2.08. The fraction of sp³-hybridized carbons (Fsp3) is 0.200. The molecule has 152 valence electrons. The standard InChI is InChI=1S/C20H21N3O4S2/c1-14-7-9-15(10-8-14)29(25,26)22-12-11-21-19(24)17-13-28-20(23-17)16-5-3-4-6-18(16)27-2/h3-10,13,22H,11-12H2,1-2H3,(H,21,24). The van der Waals surface area contributed by atoms with E-state index in [1.165, 1.54) is 11.3 Å². The molecule has 0 radical (unpaired) electrons. The highest BCUT2D eigenvalue weighted by Gasteiger charge is 2.15. The predicted molar refractivity (Wildman–Crippen MR) is 113 cm³/mol. The molecule has 1 aromatic heterocycles. The van der Waals surface area contributed by atoms with Crippen LogP contribution in [0.1, 0.15) is 16.1 Å². The Hall–Kier alpha value is -2.75. The van der Waals surface area contributed by atoms with E-state index < -0.39 is 10.0 Å². The third-order valence-electron chi connectivity index (χ3n) is 4.11. The smallest absolute Gasteiger partial charge is 0.270 e. The van der Waals surface area contributed by atoms with Crippen molar-refractivity contribution in [2.75, 3.05) is 20.2 Å². The van der Waals surface area contributed by atoms with Gasteiger partial charge in [-0.05, 0) is 31.2 Å². The van der Waals surface area contributed by atoms with Crippen LogP contribution < -0.4 is 14.8 Å². The highest BCUT2D eigenvalue weighted by Crippen LogP contribution is 2.31. The highest BCUT2D eigenvalue weighted by molar-refractivity contribution is 7.89. The molecule has 2 N–H and O–H groups in total. The van der Waals surface area contributed by atoms with Gasteiger partial charge in [0.05, 0.1) is 17.6 Å². The van der Waals surface area contributed by atoms with E-state index in [9.17, 15) is 13.2 Å². The molecule has 3 rings (SSSR count). The largest absolute Gasteiger partial charge is 0.496 e. The summed E-state index contributed by atoms with van der Waals surface area (Å²) in [6.45, 7) is 2.11. The van der Waals surface area contributed by atoms with Gasteiger partial charge in [-0.2, -0.15) is 0 Å². The normalized spacial score (nSPS) is 11.2. The van der Waals surface area contributed by atoms with Crippen molar-refractivity contribution in [2.24, 2.45) is 0 Å². The summed E-state index contributed by atoms with van der Waals surface area (Å²) >= 11 is 1.34. The molecular weight excluding hydrogens is 410 g/mol. The van der Waals surface area contributed by atoms with E-state index in [4.69, 9.17) is 4.74 Å². The number of amides is 1. The van der Waals surface area contributed by atoms with E-state index in [0.717, 1.165) is 11.1 Å². The topological polar surface area (TPSA) is 97.4 Å². The van der Waals surface area contributed by atoms with E-state index in [1.807, 2.05) is 31.2 Å². The van der Waals surface area contributed by atoms with Crippen molar-refractivity contribution in [3.05, 3.63) is 65.2 Å². The zero-order valence-corrected chi connectivity index (χ0v) is 17.6. The number of hydrogen-bond acceptors (Lipinski definition) is 6. The Morgan fingerprint density at radius 1 is 1.10 bits per heavy atom. The number of aryl methyl sites for hydroxylation is 1. The average Bonchev–Trinajstić information content (AvgIpc) is 3.21. The first-order chi connectivity index (χ1) is 13.9. The summed E-state index contributed by atoms with van der Waals surface area (Å²) in [6.07, 6.45) is 0. The van der Waals surface area contributed by atoms with Crippen LogP contribution in [0.25, 0.3) is 10.6 Å². The molecule has 0 unspecified atom stereocenters. The molecule has 1 amide bonds. The van der Waals surface area contributed by atoms with E-state index in [-0.39, 0.29) is 29.6 Å². The van der Waals surface area contributed by atoms with Gasteiger partial charge in [0.2, 0.25) is 10.0 Å².